The summed E-state index contributed by atoms with van der Waals surface area (Å²) < 4.78 is 0. The van der Waals surface area contributed by atoms with Crippen LogP contribution in [0.15, 0.2) is 35.4 Å². The van der Waals surface area contributed by atoms with Crippen LogP contribution in [0.3, 0.4) is 0 Å². The maximum absolute atomic E-state index is 12.1. The quantitative estimate of drug-likeness (QED) is 0.657. The highest BCUT2D eigenvalue weighted by Gasteiger charge is 2.10. The highest BCUT2D eigenvalue weighted by molar-refractivity contribution is 7.99. The average Bonchev–Trinajstić information content (AvgIpc) is 2.53. The van der Waals surface area contributed by atoms with Crippen molar-refractivity contribution in [3.8, 4) is 6.07 Å². The smallest absolute Gasteiger partial charge is 0.225 e. The number of nitrogens with zero attached hydrogens (tertiary/aromatic N) is 2. The Bertz CT molecular complexity index is 798. The molecule has 0 saturated carbocycles. The lowest BCUT2D eigenvalue weighted by molar-refractivity contribution is -0.115. The molecule has 1 N–H and O–H groups in total. The van der Waals surface area contributed by atoms with Gasteiger partial charge in [-0.1, -0.05) is 37.0 Å². The molecule has 0 aliphatic heterocycles. The van der Waals surface area contributed by atoms with E-state index in [0.29, 0.717) is 32.1 Å². The van der Waals surface area contributed by atoms with Crippen LogP contribution in [0.25, 0.3) is 0 Å². The summed E-state index contributed by atoms with van der Waals surface area (Å²) in [6.07, 6.45) is 0.285. The largest absolute Gasteiger partial charge is 0.326 e. The number of benzene rings is 1. The molecule has 1 aromatic carbocycles. The van der Waals surface area contributed by atoms with Crippen LogP contribution in [0.2, 0.25) is 10.0 Å². The lowest BCUT2D eigenvalue weighted by atomic mass is 10.1. The fourth-order valence-electron chi connectivity index (χ4n) is 2.06. The third-order valence-electron chi connectivity index (χ3n) is 3.31. The van der Waals surface area contributed by atoms with E-state index in [2.05, 4.69) is 16.4 Å². The number of pyridine rings is 1. The number of carbonyl (C=O) groups excluding carboxylic acids is 1. The van der Waals surface area contributed by atoms with Crippen molar-refractivity contribution in [1.29, 1.82) is 5.26 Å². The molecule has 0 aliphatic rings. The molecule has 0 radical (unpaired) electrons. The Hall–Kier alpha value is -1.74. The molecule has 4 nitrogen and oxygen atoms in total. The van der Waals surface area contributed by atoms with Gasteiger partial charge in [0.05, 0.1) is 5.56 Å². The monoisotopic (exact) mass is 393 g/mol. The summed E-state index contributed by atoms with van der Waals surface area (Å²) in [5, 5.41) is 13.5. The van der Waals surface area contributed by atoms with Gasteiger partial charge in [0.1, 0.15) is 11.1 Å². The van der Waals surface area contributed by atoms with Crippen molar-refractivity contribution in [1.82, 2.24) is 4.98 Å². The second kappa shape index (κ2) is 9.10. The fourth-order valence-corrected chi connectivity index (χ4v) is 3.51. The number of anilines is 1. The first-order valence-electron chi connectivity index (χ1n) is 7.69. The Balaban J connectivity index is 1.95. The minimum Gasteiger partial charge on any atom is -0.326 e. The molecule has 1 amide bonds. The van der Waals surface area contributed by atoms with Gasteiger partial charge in [-0.25, -0.2) is 4.98 Å². The second-order valence-corrected chi connectivity index (χ2v) is 7.62. The third kappa shape index (κ3) is 5.93. The normalized spacial score (nSPS) is 10.6. The number of amides is 1. The van der Waals surface area contributed by atoms with Crippen LogP contribution in [0.4, 0.5) is 5.69 Å². The van der Waals surface area contributed by atoms with Gasteiger partial charge in [0, 0.05) is 33.6 Å². The zero-order chi connectivity index (χ0) is 18.4. The number of hydrogen-bond acceptors (Lipinski definition) is 4. The van der Waals surface area contributed by atoms with Crippen LogP contribution in [0, 0.1) is 11.3 Å². The van der Waals surface area contributed by atoms with Gasteiger partial charge in [0.15, 0.2) is 0 Å². The molecule has 25 heavy (non-hydrogen) atoms. The van der Waals surface area contributed by atoms with E-state index in [1.54, 1.807) is 24.3 Å². The first kappa shape index (κ1) is 19.6. The van der Waals surface area contributed by atoms with Crippen LogP contribution in [0.1, 0.15) is 37.4 Å². The van der Waals surface area contributed by atoms with Gasteiger partial charge in [-0.05, 0) is 36.2 Å². The van der Waals surface area contributed by atoms with Crippen molar-refractivity contribution in [2.24, 2.45) is 0 Å². The van der Waals surface area contributed by atoms with E-state index in [1.165, 1.54) is 11.8 Å². The van der Waals surface area contributed by atoms with Gasteiger partial charge in [0.25, 0.3) is 0 Å². The zero-order valence-electron chi connectivity index (χ0n) is 13.8. The SMILES string of the molecule is CC(C)c1ccc(C#N)c(SCCC(=O)Nc2cc(Cl)cc(Cl)c2)n1. The first-order chi connectivity index (χ1) is 11.9. The number of rotatable bonds is 6. The lowest BCUT2D eigenvalue weighted by Gasteiger charge is -2.09. The van der Waals surface area contributed by atoms with E-state index in [1.807, 2.05) is 19.9 Å². The molecule has 0 spiro atoms. The number of aromatic nitrogens is 1. The van der Waals surface area contributed by atoms with E-state index < -0.39 is 0 Å². The summed E-state index contributed by atoms with van der Waals surface area (Å²) in [6, 6.07) is 10.7. The van der Waals surface area contributed by atoms with Gasteiger partial charge in [-0.3, -0.25) is 4.79 Å². The molecule has 0 unspecified atom stereocenters. The Morgan fingerprint density at radius 2 is 1.96 bits per heavy atom. The minimum absolute atomic E-state index is 0.149. The summed E-state index contributed by atoms with van der Waals surface area (Å²) in [5.74, 6) is 0.649. The van der Waals surface area contributed by atoms with Crippen LogP contribution in [-0.2, 0) is 4.79 Å². The van der Waals surface area contributed by atoms with Crippen LogP contribution in [-0.4, -0.2) is 16.6 Å². The average molecular weight is 394 g/mol. The van der Waals surface area contributed by atoms with E-state index in [0.717, 1.165) is 5.69 Å². The van der Waals surface area contributed by atoms with Gasteiger partial charge < -0.3 is 5.32 Å². The molecule has 1 aromatic heterocycles. The van der Waals surface area contributed by atoms with Gasteiger partial charge in [-0.2, -0.15) is 5.26 Å². The molecule has 0 bridgehead atoms. The third-order valence-corrected chi connectivity index (χ3v) is 4.74. The maximum atomic E-state index is 12.1. The summed E-state index contributed by atoms with van der Waals surface area (Å²) in [6.45, 7) is 4.10. The number of nitriles is 1. The van der Waals surface area contributed by atoms with E-state index in [-0.39, 0.29) is 18.2 Å². The summed E-state index contributed by atoms with van der Waals surface area (Å²) >= 11 is 13.2. The van der Waals surface area contributed by atoms with Gasteiger partial charge >= 0.3 is 0 Å². The number of halogens is 2. The molecule has 0 atom stereocenters. The van der Waals surface area contributed by atoms with Crippen LogP contribution < -0.4 is 5.32 Å². The standard InChI is InChI=1S/C18H17Cl2N3OS/c1-11(2)16-4-3-12(10-21)18(23-16)25-6-5-17(24)22-15-8-13(19)7-14(20)9-15/h3-4,7-9,11H,5-6H2,1-2H3,(H,22,24). The predicted molar refractivity (Wildman–Crippen MR) is 103 cm³/mol. The number of nitrogens with one attached hydrogen (secondary N) is 1. The van der Waals surface area contributed by atoms with Gasteiger partial charge in [0.2, 0.25) is 5.91 Å². The summed E-state index contributed by atoms with van der Waals surface area (Å²) in [5.41, 5.74) is 2.01. The molecule has 2 aromatic rings. The molecule has 2 rings (SSSR count). The Labute approximate surface area is 161 Å². The molecule has 0 saturated heterocycles. The highest BCUT2D eigenvalue weighted by atomic mass is 35.5. The summed E-state index contributed by atoms with van der Waals surface area (Å²) in [4.78, 5) is 16.6. The molecule has 0 aliphatic carbocycles. The van der Waals surface area contributed by atoms with E-state index in [9.17, 15) is 10.1 Å². The number of thioether (sulfide) groups is 1. The molecular weight excluding hydrogens is 377 g/mol. The molecule has 0 fully saturated rings. The van der Waals surface area contributed by atoms with Crippen molar-refractivity contribution >= 4 is 46.6 Å². The molecule has 7 heteroatoms. The predicted octanol–water partition coefficient (Wildman–Crippen LogP) is 5.50. The fraction of sp³-hybridized carbons (Fsp3) is 0.278. The molecule has 1 heterocycles. The summed E-state index contributed by atoms with van der Waals surface area (Å²) in [7, 11) is 0. The topological polar surface area (TPSA) is 65.8 Å². The van der Waals surface area contributed by atoms with Crippen LogP contribution >= 0.6 is 35.0 Å². The second-order valence-electron chi connectivity index (χ2n) is 5.66. The van der Waals surface area contributed by atoms with Gasteiger partial charge in [-0.15, -0.1) is 11.8 Å². The van der Waals surface area contributed by atoms with Crippen molar-refractivity contribution in [2.45, 2.75) is 31.2 Å². The number of carbonyl (C=O) groups is 1. The molecule has 130 valence electrons. The first-order valence-corrected chi connectivity index (χ1v) is 9.43. The highest BCUT2D eigenvalue weighted by Crippen LogP contribution is 2.25. The van der Waals surface area contributed by atoms with Crippen molar-refractivity contribution in [3.63, 3.8) is 0 Å². The van der Waals surface area contributed by atoms with Crippen molar-refractivity contribution in [2.75, 3.05) is 11.1 Å². The maximum Gasteiger partial charge on any atom is 0.225 e. The zero-order valence-corrected chi connectivity index (χ0v) is 16.2. The van der Waals surface area contributed by atoms with Crippen molar-refractivity contribution in [3.05, 3.63) is 51.6 Å². The Kier molecular flexibility index (Phi) is 7.12. The number of hydrogen-bond donors (Lipinski definition) is 1. The minimum atomic E-state index is -0.149. The van der Waals surface area contributed by atoms with Crippen molar-refractivity contribution < 1.29 is 4.79 Å². The lowest BCUT2D eigenvalue weighted by Crippen LogP contribution is -2.12. The van der Waals surface area contributed by atoms with E-state index in [4.69, 9.17) is 23.2 Å². The Morgan fingerprint density at radius 3 is 2.56 bits per heavy atom. The van der Waals surface area contributed by atoms with E-state index >= 15 is 0 Å². The molecular formula is C18H17Cl2N3OS. The Morgan fingerprint density at radius 1 is 1.28 bits per heavy atom. The van der Waals surface area contributed by atoms with Crippen LogP contribution in [0.5, 0.6) is 0 Å².